The molecular weight excluding hydrogens is 224 g/mol. The van der Waals surface area contributed by atoms with E-state index in [4.69, 9.17) is 17.3 Å². The van der Waals surface area contributed by atoms with Crippen molar-refractivity contribution in [1.82, 2.24) is 14.7 Å². The van der Waals surface area contributed by atoms with Crippen LogP contribution in [-0.4, -0.2) is 33.3 Å². The molecule has 0 aromatic carbocycles. The Labute approximate surface area is 100 Å². The summed E-state index contributed by atoms with van der Waals surface area (Å²) in [4.78, 5) is 2.58. The van der Waals surface area contributed by atoms with E-state index in [0.717, 1.165) is 19.0 Å². The van der Waals surface area contributed by atoms with Gasteiger partial charge in [0.25, 0.3) is 0 Å². The number of halogens is 1. The number of nitrogen functional groups attached to an aromatic ring is 1. The average Bonchev–Trinajstić information content (AvgIpc) is 2.95. The largest absolute Gasteiger partial charge is 0.383 e. The maximum absolute atomic E-state index is 5.93. The van der Waals surface area contributed by atoms with Gasteiger partial charge >= 0.3 is 0 Å². The number of anilines is 1. The second-order valence-electron chi connectivity index (χ2n) is 4.99. The van der Waals surface area contributed by atoms with Crippen molar-refractivity contribution >= 4 is 17.4 Å². The zero-order valence-corrected chi connectivity index (χ0v) is 10.2. The molecule has 4 nitrogen and oxygen atoms in total. The molecule has 0 spiro atoms. The van der Waals surface area contributed by atoms with Crippen molar-refractivity contribution in [3.63, 3.8) is 0 Å². The SMILES string of the molecule is CC1CC(n2ncc(Cl)c2N)CN1C1CC1. The van der Waals surface area contributed by atoms with E-state index in [1.807, 2.05) is 4.68 Å². The van der Waals surface area contributed by atoms with Crippen molar-refractivity contribution < 1.29 is 0 Å². The number of nitrogens with zero attached hydrogens (tertiary/aromatic N) is 3. The van der Waals surface area contributed by atoms with Crippen molar-refractivity contribution in [3.8, 4) is 0 Å². The first kappa shape index (κ1) is 10.4. The van der Waals surface area contributed by atoms with E-state index in [2.05, 4.69) is 16.9 Å². The molecule has 3 rings (SSSR count). The lowest BCUT2D eigenvalue weighted by Crippen LogP contribution is -2.29. The zero-order chi connectivity index (χ0) is 11.3. The minimum atomic E-state index is 0.392. The third kappa shape index (κ3) is 1.60. The molecule has 2 fully saturated rings. The highest BCUT2D eigenvalue weighted by atomic mass is 35.5. The van der Waals surface area contributed by atoms with Gasteiger partial charge in [0.15, 0.2) is 0 Å². The predicted molar refractivity (Wildman–Crippen MR) is 64.5 cm³/mol. The van der Waals surface area contributed by atoms with Crippen LogP contribution in [0.5, 0.6) is 0 Å². The summed E-state index contributed by atoms with van der Waals surface area (Å²) in [5.41, 5.74) is 5.92. The van der Waals surface area contributed by atoms with Gasteiger partial charge in [-0.1, -0.05) is 11.6 Å². The Morgan fingerprint density at radius 1 is 1.44 bits per heavy atom. The lowest BCUT2D eigenvalue weighted by Gasteiger charge is -2.19. The molecule has 1 saturated carbocycles. The fraction of sp³-hybridized carbons (Fsp3) is 0.727. The molecule has 1 aliphatic heterocycles. The van der Waals surface area contributed by atoms with Crippen LogP contribution in [0.15, 0.2) is 6.20 Å². The van der Waals surface area contributed by atoms with Crippen LogP contribution in [-0.2, 0) is 0 Å². The van der Waals surface area contributed by atoms with E-state index < -0.39 is 0 Å². The molecule has 2 atom stereocenters. The van der Waals surface area contributed by atoms with Gasteiger partial charge < -0.3 is 5.73 Å². The van der Waals surface area contributed by atoms with E-state index in [1.165, 1.54) is 12.8 Å². The summed E-state index contributed by atoms with van der Waals surface area (Å²) in [6.07, 6.45) is 5.47. The Bertz CT molecular complexity index is 399. The molecule has 1 aromatic rings. The second-order valence-corrected chi connectivity index (χ2v) is 5.40. The predicted octanol–water partition coefficient (Wildman–Crippen LogP) is 1.92. The summed E-state index contributed by atoms with van der Waals surface area (Å²) in [5.74, 6) is 0.608. The Morgan fingerprint density at radius 3 is 2.75 bits per heavy atom. The summed E-state index contributed by atoms with van der Waals surface area (Å²) < 4.78 is 1.89. The van der Waals surface area contributed by atoms with E-state index in [0.29, 0.717) is 22.9 Å². The molecule has 0 radical (unpaired) electrons. The van der Waals surface area contributed by atoms with E-state index in [1.54, 1.807) is 6.20 Å². The van der Waals surface area contributed by atoms with E-state index >= 15 is 0 Å². The Hall–Kier alpha value is -0.740. The smallest absolute Gasteiger partial charge is 0.140 e. The summed E-state index contributed by atoms with van der Waals surface area (Å²) in [5, 5.41) is 4.85. The molecular formula is C11H17ClN4. The van der Waals surface area contributed by atoms with Crippen LogP contribution in [0.25, 0.3) is 0 Å². The molecule has 5 heteroatoms. The quantitative estimate of drug-likeness (QED) is 0.859. The fourth-order valence-electron chi connectivity index (χ4n) is 2.76. The minimum Gasteiger partial charge on any atom is -0.383 e. The maximum atomic E-state index is 5.93. The van der Waals surface area contributed by atoms with Gasteiger partial charge in [0.1, 0.15) is 10.8 Å². The van der Waals surface area contributed by atoms with Crippen molar-refractivity contribution in [2.75, 3.05) is 12.3 Å². The third-order valence-electron chi connectivity index (χ3n) is 3.75. The topological polar surface area (TPSA) is 47.1 Å². The Balaban J connectivity index is 1.79. The first-order valence-corrected chi connectivity index (χ1v) is 6.29. The molecule has 2 heterocycles. The van der Waals surface area contributed by atoms with Crippen LogP contribution in [0.2, 0.25) is 5.02 Å². The number of nitrogens with two attached hydrogens (primary N) is 1. The third-order valence-corrected chi connectivity index (χ3v) is 4.04. The summed E-state index contributed by atoms with van der Waals surface area (Å²) in [7, 11) is 0. The van der Waals surface area contributed by atoms with Crippen LogP contribution in [0.3, 0.4) is 0 Å². The molecule has 88 valence electrons. The van der Waals surface area contributed by atoms with Crippen molar-refractivity contribution in [2.24, 2.45) is 0 Å². The minimum absolute atomic E-state index is 0.392. The van der Waals surface area contributed by atoms with Gasteiger partial charge in [-0.2, -0.15) is 5.10 Å². The summed E-state index contributed by atoms with van der Waals surface area (Å²) >= 11 is 5.93. The van der Waals surface area contributed by atoms with Crippen molar-refractivity contribution in [3.05, 3.63) is 11.2 Å². The van der Waals surface area contributed by atoms with Gasteiger partial charge in [-0.3, -0.25) is 4.90 Å². The van der Waals surface area contributed by atoms with Gasteiger partial charge in [0.2, 0.25) is 0 Å². The Kier molecular flexibility index (Phi) is 2.37. The van der Waals surface area contributed by atoms with E-state index in [9.17, 15) is 0 Å². The second kappa shape index (κ2) is 3.64. The van der Waals surface area contributed by atoms with Crippen molar-refractivity contribution in [2.45, 2.75) is 44.3 Å². The lowest BCUT2D eigenvalue weighted by molar-refractivity contribution is 0.253. The molecule has 2 aliphatic rings. The molecule has 2 unspecified atom stereocenters. The summed E-state index contributed by atoms with van der Waals surface area (Å²) in [6, 6.07) is 1.84. The number of hydrogen-bond acceptors (Lipinski definition) is 3. The van der Waals surface area contributed by atoms with Crippen molar-refractivity contribution in [1.29, 1.82) is 0 Å². The van der Waals surface area contributed by atoms with Crippen LogP contribution < -0.4 is 5.73 Å². The monoisotopic (exact) mass is 240 g/mol. The Morgan fingerprint density at radius 2 is 2.19 bits per heavy atom. The number of likely N-dealkylation sites (tertiary alicyclic amines) is 1. The van der Waals surface area contributed by atoms with Gasteiger partial charge in [0, 0.05) is 18.6 Å². The first-order valence-electron chi connectivity index (χ1n) is 5.91. The molecule has 16 heavy (non-hydrogen) atoms. The standard InChI is InChI=1S/C11H17ClN4/c1-7-4-9(6-15(7)8-2-3-8)16-11(13)10(12)5-14-16/h5,7-9H,2-4,6,13H2,1H3. The van der Waals surface area contributed by atoms with Crippen LogP contribution >= 0.6 is 11.6 Å². The molecule has 0 bridgehead atoms. The van der Waals surface area contributed by atoms with Crippen LogP contribution in [0, 0.1) is 0 Å². The highest BCUT2D eigenvalue weighted by molar-refractivity contribution is 6.32. The average molecular weight is 241 g/mol. The zero-order valence-electron chi connectivity index (χ0n) is 9.43. The lowest BCUT2D eigenvalue weighted by atomic mass is 10.2. The molecule has 1 aliphatic carbocycles. The van der Waals surface area contributed by atoms with Gasteiger partial charge in [-0.25, -0.2) is 4.68 Å². The molecule has 1 saturated heterocycles. The maximum Gasteiger partial charge on any atom is 0.140 e. The van der Waals surface area contributed by atoms with Crippen LogP contribution in [0.1, 0.15) is 32.2 Å². The first-order chi connectivity index (χ1) is 7.66. The van der Waals surface area contributed by atoms with Crippen LogP contribution in [0.4, 0.5) is 5.82 Å². The van der Waals surface area contributed by atoms with Gasteiger partial charge in [-0.05, 0) is 26.2 Å². The summed E-state index contributed by atoms with van der Waals surface area (Å²) in [6.45, 7) is 3.35. The normalized spacial score (nSPS) is 31.1. The number of rotatable bonds is 2. The molecule has 2 N–H and O–H groups in total. The fourth-order valence-corrected chi connectivity index (χ4v) is 2.89. The highest BCUT2D eigenvalue weighted by Crippen LogP contribution is 2.38. The van der Waals surface area contributed by atoms with E-state index in [-0.39, 0.29) is 0 Å². The van der Waals surface area contributed by atoms with Gasteiger partial charge in [0.05, 0.1) is 12.2 Å². The highest BCUT2D eigenvalue weighted by Gasteiger charge is 2.40. The molecule has 1 aromatic heterocycles. The molecule has 0 amide bonds. The van der Waals surface area contributed by atoms with Gasteiger partial charge in [-0.15, -0.1) is 0 Å². The number of hydrogen-bond donors (Lipinski definition) is 1. The number of aromatic nitrogens is 2.